The lowest BCUT2D eigenvalue weighted by molar-refractivity contribution is -0.116. The zero-order valence-electron chi connectivity index (χ0n) is 14.9. The van der Waals surface area contributed by atoms with Crippen LogP contribution in [0, 0.1) is 13.8 Å². The number of carbonyl (C=O) groups is 2. The van der Waals surface area contributed by atoms with E-state index >= 15 is 0 Å². The number of nitrogens with one attached hydrogen (secondary N) is 1. The quantitative estimate of drug-likeness (QED) is 0.808. The molecule has 0 saturated heterocycles. The number of aromatic carboxylic acids is 1. The normalized spacial score (nSPS) is 11.2. The predicted octanol–water partition coefficient (Wildman–Crippen LogP) is 2.98. The second-order valence-electron chi connectivity index (χ2n) is 6.30. The Labute approximate surface area is 152 Å². The summed E-state index contributed by atoms with van der Waals surface area (Å²) in [5, 5.41) is 11.7. The number of carboxylic acid groups (broad SMARTS) is 1. The van der Waals surface area contributed by atoms with Gasteiger partial charge in [-0.15, -0.1) is 0 Å². The zero-order valence-corrected chi connectivity index (χ0v) is 15.7. The lowest BCUT2D eigenvalue weighted by Crippen LogP contribution is -2.14. The molecule has 0 unspecified atom stereocenters. The summed E-state index contributed by atoms with van der Waals surface area (Å²) in [6, 6.07) is 9.58. The summed E-state index contributed by atoms with van der Waals surface area (Å²) in [6.07, 6.45) is 1.73. The predicted molar refractivity (Wildman–Crippen MR) is 99.4 cm³/mol. The molecule has 6 nitrogen and oxygen atoms in total. The molecule has 2 rings (SSSR count). The van der Waals surface area contributed by atoms with Crippen molar-refractivity contribution in [3.63, 3.8) is 0 Å². The summed E-state index contributed by atoms with van der Waals surface area (Å²) in [5.74, 6) is -1.58. The molecule has 26 heavy (non-hydrogen) atoms. The van der Waals surface area contributed by atoms with Crippen LogP contribution in [0.1, 0.15) is 33.5 Å². The van der Waals surface area contributed by atoms with Gasteiger partial charge in [0, 0.05) is 18.4 Å². The first-order valence-corrected chi connectivity index (χ1v) is 9.90. The topological polar surface area (TPSA) is 101 Å². The van der Waals surface area contributed by atoms with Crippen molar-refractivity contribution in [1.82, 2.24) is 0 Å². The van der Waals surface area contributed by atoms with Crippen molar-refractivity contribution in [1.29, 1.82) is 0 Å². The minimum Gasteiger partial charge on any atom is -0.478 e. The molecule has 1 amide bonds. The van der Waals surface area contributed by atoms with Gasteiger partial charge in [0.25, 0.3) is 0 Å². The van der Waals surface area contributed by atoms with Crippen LogP contribution in [0.2, 0.25) is 0 Å². The number of hydrogen-bond acceptors (Lipinski definition) is 4. The Morgan fingerprint density at radius 1 is 1.08 bits per heavy atom. The van der Waals surface area contributed by atoms with Gasteiger partial charge < -0.3 is 10.4 Å². The molecule has 2 N–H and O–H groups in total. The average Bonchev–Trinajstić information content (AvgIpc) is 2.52. The smallest absolute Gasteiger partial charge is 0.335 e. The first-order chi connectivity index (χ1) is 12.1. The van der Waals surface area contributed by atoms with E-state index in [4.69, 9.17) is 5.11 Å². The molecule has 0 heterocycles. The van der Waals surface area contributed by atoms with Gasteiger partial charge >= 0.3 is 5.97 Å². The second kappa shape index (κ2) is 7.70. The minimum absolute atomic E-state index is 0.149. The Kier molecular flexibility index (Phi) is 5.82. The standard InChI is InChI=1S/C19H21NO5S/c1-12-4-5-14(13(2)8-12)6-7-18(21)20-16-9-15(19(22)23)10-17(11-16)26(3,24)25/h4-5,8-11H,6-7H2,1-3H3,(H,20,21)(H,22,23). The Bertz CT molecular complexity index is 964. The number of benzene rings is 2. The van der Waals surface area contributed by atoms with E-state index in [0.29, 0.717) is 6.42 Å². The third-order valence-electron chi connectivity index (χ3n) is 3.98. The molecule has 7 heteroatoms. The van der Waals surface area contributed by atoms with Crippen molar-refractivity contribution in [2.24, 2.45) is 0 Å². The molecular formula is C19H21NO5S. The van der Waals surface area contributed by atoms with E-state index in [1.165, 1.54) is 12.1 Å². The maximum absolute atomic E-state index is 12.2. The Morgan fingerprint density at radius 3 is 2.35 bits per heavy atom. The van der Waals surface area contributed by atoms with Crippen LogP contribution in [-0.4, -0.2) is 31.7 Å². The highest BCUT2D eigenvalue weighted by Crippen LogP contribution is 2.20. The molecule has 0 radical (unpaired) electrons. The first-order valence-electron chi connectivity index (χ1n) is 8.00. The fourth-order valence-electron chi connectivity index (χ4n) is 2.61. The third kappa shape index (κ3) is 5.16. The van der Waals surface area contributed by atoms with Gasteiger partial charge in [0.05, 0.1) is 10.5 Å². The highest BCUT2D eigenvalue weighted by atomic mass is 32.2. The maximum atomic E-state index is 12.2. The lowest BCUT2D eigenvalue weighted by atomic mass is 10.0. The molecule has 138 valence electrons. The van der Waals surface area contributed by atoms with Crippen LogP contribution in [0.25, 0.3) is 0 Å². The van der Waals surface area contributed by atoms with Gasteiger partial charge in [-0.05, 0) is 49.6 Å². The van der Waals surface area contributed by atoms with E-state index in [2.05, 4.69) is 5.32 Å². The SMILES string of the molecule is Cc1ccc(CCC(=O)Nc2cc(C(=O)O)cc(S(C)(=O)=O)c2)c(C)c1. The molecule has 2 aromatic rings. The molecule has 0 aliphatic rings. The minimum atomic E-state index is -3.60. The highest BCUT2D eigenvalue weighted by molar-refractivity contribution is 7.90. The molecular weight excluding hydrogens is 354 g/mol. The Balaban J connectivity index is 2.15. The second-order valence-corrected chi connectivity index (χ2v) is 8.32. The van der Waals surface area contributed by atoms with Crippen molar-refractivity contribution in [3.8, 4) is 0 Å². The summed E-state index contributed by atoms with van der Waals surface area (Å²) >= 11 is 0. The molecule has 0 aromatic heterocycles. The van der Waals surface area contributed by atoms with Gasteiger partial charge in [-0.3, -0.25) is 4.79 Å². The van der Waals surface area contributed by atoms with Crippen LogP contribution in [0.4, 0.5) is 5.69 Å². The summed E-state index contributed by atoms with van der Waals surface area (Å²) in [5.41, 5.74) is 3.26. The van der Waals surface area contributed by atoms with Crippen molar-refractivity contribution in [2.75, 3.05) is 11.6 Å². The Hall–Kier alpha value is -2.67. The summed E-state index contributed by atoms with van der Waals surface area (Å²) in [7, 11) is -3.60. The fraction of sp³-hybridized carbons (Fsp3) is 0.263. The monoisotopic (exact) mass is 375 g/mol. The molecule has 0 fully saturated rings. The van der Waals surface area contributed by atoms with Gasteiger partial charge in [0.15, 0.2) is 9.84 Å². The number of anilines is 1. The zero-order chi connectivity index (χ0) is 19.5. The Morgan fingerprint density at radius 2 is 1.77 bits per heavy atom. The van der Waals surface area contributed by atoms with Crippen molar-refractivity contribution >= 4 is 27.4 Å². The first kappa shape index (κ1) is 19.7. The number of rotatable bonds is 6. The van der Waals surface area contributed by atoms with E-state index in [0.717, 1.165) is 29.0 Å². The number of aryl methyl sites for hydroxylation is 3. The van der Waals surface area contributed by atoms with Crippen LogP contribution in [0.3, 0.4) is 0 Å². The molecule has 0 spiro atoms. The van der Waals surface area contributed by atoms with Gasteiger partial charge in [-0.25, -0.2) is 13.2 Å². The molecule has 0 bridgehead atoms. The number of carboxylic acids is 1. The van der Waals surface area contributed by atoms with E-state index in [9.17, 15) is 18.0 Å². The fourth-order valence-corrected chi connectivity index (χ4v) is 3.29. The summed E-state index contributed by atoms with van der Waals surface area (Å²) in [6.45, 7) is 3.98. The van der Waals surface area contributed by atoms with Crippen LogP contribution < -0.4 is 5.32 Å². The molecule has 0 atom stereocenters. The largest absolute Gasteiger partial charge is 0.478 e. The summed E-state index contributed by atoms with van der Waals surface area (Å²) in [4.78, 5) is 23.2. The summed E-state index contributed by atoms with van der Waals surface area (Å²) < 4.78 is 23.4. The highest BCUT2D eigenvalue weighted by Gasteiger charge is 2.15. The average molecular weight is 375 g/mol. The van der Waals surface area contributed by atoms with Gasteiger partial charge in [0.1, 0.15) is 0 Å². The van der Waals surface area contributed by atoms with Gasteiger partial charge in [-0.1, -0.05) is 23.8 Å². The van der Waals surface area contributed by atoms with E-state index in [1.54, 1.807) is 0 Å². The maximum Gasteiger partial charge on any atom is 0.335 e. The number of sulfone groups is 1. The van der Waals surface area contributed by atoms with Gasteiger partial charge in [-0.2, -0.15) is 0 Å². The van der Waals surface area contributed by atoms with E-state index < -0.39 is 15.8 Å². The molecule has 0 saturated carbocycles. The molecule has 2 aromatic carbocycles. The lowest BCUT2D eigenvalue weighted by Gasteiger charge is -2.10. The number of carbonyl (C=O) groups excluding carboxylic acids is 1. The van der Waals surface area contributed by atoms with Crippen LogP contribution in [0.5, 0.6) is 0 Å². The van der Waals surface area contributed by atoms with Crippen LogP contribution >= 0.6 is 0 Å². The van der Waals surface area contributed by atoms with E-state index in [-0.39, 0.29) is 28.5 Å². The molecule has 0 aliphatic carbocycles. The van der Waals surface area contributed by atoms with Gasteiger partial charge in [0.2, 0.25) is 5.91 Å². The van der Waals surface area contributed by atoms with Crippen molar-refractivity contribution in [2.45, 2.75) is 31.6 Å². The van der Waals surface area contributed by atoms with Crippen molar-refractivity contribution < 1.29 is 23.1 Å². The van der Waals surface area contributed by atoms with E-state index in [1.807, 2.05) is 32.0 Å². The van der Waals surface area contributed by atoms with Crippen molar-refractivity contribution in [3.05, 3.63) is 58.7 Å². The molecule has 0 aliphatic heterocycles. The van der Waals surface area contributed by atoms with Crippen LogP contribution in [0.15, 0.2) is 41.3 Å². The van der Waals surface area contributed by atoms with Crippen LogP contribution in [-0.2, 0) is 21.1 Å². The number of hydrogen-bond donors (Lipinski definition) is 2. The third-order valence-corrected chi connectivity index (χ3v) is 5.08. The number of amides is 1.